The van der Waals surface area contributed by atoms with Gasteiger partial charge in [-0.05, 0) is 24.8 Å². The molecule has 1 fully saturated rings. The predicted octanol–water partition coefficient (Wildman–Crippen LogP) is 2.64. The molecule has 0 saturated carbocycles. The fourth-order valence-corrected chi connectivity index (χ4v) is 2.51. The Kier molecular flexibility index (Phi) is 3.97. The molecular weight excluding hydrogens is 198 g/mol. The molecule has 0 aliphatic carbocycles. The van der Waals surface area contributed by atoms with Crippen molar-refractivity contribution in [3.8, 4) is 0 Å². The molecule has 3 atom stereocenters. The highest BCUT2D eigenvalue weighted by molar-refractivity contribution is 5.19. The monoisotopic (exact) mass is 219 g/mol. The average Bonchev–Trinajstić information content (AvgIpc) is 2.39. The first-order valence-corrected chi connectivity index (χ1v) is 6.30. The van der Waals surface area contributed by atoms with E-state index in [0.29, 0.717) is 6.04 Å². The van der Waals surface area contributed by atoms with Crippen LogP contribution < -0.4 is 5.32 Å². The Balaban J connectivity index is 2.01. The maximum atomic E-state index is 10.3. The van der Waals surface area contributed by atoms with Gasteiger partial charge in [-0.1, -0.05) is 43.7 Å². The van der Waals surface area contributed by atoms with E-state index in [0.717, 1.165) is 18.4 Å². The van der Waals surface area contributed by atoms with E-state index >= 15 is 0 Å². The second-order valence-electron chi connectivity index (χ2n) is 4.66. The first-order valence-electron chi connectivity index (χ1n) is 6.30. The van der Waals surface area contributed by atoms with Gasteiger partial charge in [-0.25, -0.2) is 0 Å². The quantitative estimate of drug-likeness (QED) is 0.819. The second kappa shape index (κ2) is 5.46. The normalized spacial score (nSPS) is 27.6. The second-order valence-corrected chi connectivity index (χ2v) is 4.66. The van der Waals surface area contributed by atoms with Gasteiger partial charge in [0, 0.05) is 12.1 Å². The summed E-state index contributed by atoms with van der Waals surface area (Å²) in [6.07, 6.45) is 4.33. The number of aliphatic hydroxyl groups is 1. The van der Waals surface area contributed by atoms with E-state index in [1.807, 2.05) is 30.3 Å². The van der Waals surface area contributed by atoms with E-state index in [9.17, 15) is 5.11 Å². The first-order chi connectivity index (χ1) is 7.81. The Labute approximate surface area is 97.7 Å². The van der Waals surface area contributed by atoms with Crippen molar-refractivity contribution in [1.82, 2.24) is 5.32 Å². The lowest BCUT2D eigenvalue weighted by Gasteiger charge is -2.33. The molecule has 1 saturated heterocycles. The maximum Gasteiger partial charge on any atom is 0.0943 e. The van der Waals surface area contributed by atoms with Gasteiger partial charge >= 0.3 is 0 Å². The molecule has 0 amide bonds. The van der Waals surface area contributed by atoms with Crippen LogP contribution >= 0.6 is 0 Å². The third-order valence-electron chi connectivity index (χ3n) is 3.53. The van der Waals surface area contributed by atoms with Crippen LogP contribution in [0.3, 0.4) is 0 Å². The summed E-state index contributed by atoms with van der Waals surface area (Å²) in [7, 11) is 0. The Morgan fingerprint density at radius 1 is 1.31 bits per heavy atom. The zero-order valence-corrected chi connectivity index (χ0v) is 9.89. The number of rotatable bonds is 3. The molecule has 2 nitrogen and oxygen atoms in total. The summed E-state index contributed by atoms with van der Waals surface area (Å²) in [6.45, 7) is 2.20. The minimum absolute atomic E-state index is 0.223. The maximum absolute atomic E-state index is 10.3. The fraction of sp³-hybridized carbons (Fsp3) is 0.571. The van der Waals surface area contributed by atoms with Crippen LogP contribution in [-0.2, 0) is 0 Å². The number of aliphatic hydroxyl groups excluding tert-OH is 1. The molecule has 2 N–H and O–H groups in total. The largest absolute Gasteiger partial charge is 0.387 e. The first kappa shape index (κ1) is 11.6. The molecule has 3 unspecified atom stereocenters. The van der Waals surface area contributed by atoms with Crippen molar-refractivity contribution in [3.05, 3.63) is 35.9 Å². The predicted molar refractivity (Wildman–Crippen MR) is 66.3 cm³/mol. The molecule has 0 spiro atoms. The van der Waals surface area contributed by atoms with E-state index < -0.39 is 0 Å². The third-order valence-corrected chi connectivity index (χ3v) is 3.53. The zero-order chi connectivity index (χ0) is 11.4. The molecule has 0 bridgehead atoms. The molecule has 1 aromatic rings. The van der Waals surface area contributed by atoms with E-state index in [2.05, 4.69) is 12.2 Å². The van der Waals surface area contributed by atoms with Crippen molar-refractivity contribution in [1.29, 1.82) is 0 Å². The van der Waals surface area contributed by atoms with Crippen LogP contribution in [-0.4, -0.2) is 17.2 Å². The van der Waals surface area contributed by atoms with Crippen molar-refractivity contribution >= 4 is 0 Å². The molecule has 1 aromatic carbocycles. The molecule has 0 aromatic heterocycles. The summed E-state index contributed by atoms with van der Waals surface area (Å²) in [5, 5.41) is 13.8. The van der Waals surface area contributed by atoms with Gasteiger partial charge in [0.25, 0.3) is 0 Å². The molecular formula is C14H21NO. The van der Waals surface area contributed by atoms with Crippen LogP contribution in [0.5, 0.6) is 0 Å². The van der Waals surface area contributed by atoms with Gasteiger partial charge in [0.15, 0.2) is 0 Å². The Morgan fingerprint density at radius 2 is 2.06 bits per heavy atom. The molecule has 1 aliphatic rings. The lowest BCUT2D eigenvalue weighted by molar-refractivity contribution is 0.101. The highest BCUT2D eigenvalue weighted by Crippen LogP contribution is 2.25. The van der Waals surface area contributed by atoms with Crippen molar-refractivity contribution in [3.63, 3.8) is 0 Å². The lowest BCUT2D eigenvalue weighted by Crippen LogP contribution is -2.45. The van der Waals surface area contributed by atoms with Crippen molar-refractivity contribution in [2.75, 3.05) is 0 Å². The van der Waals surface area contributed by atoms with Crippen LogP contribution in [0.25, 0.3) is 0 Å². The number of benzene rings is 1. The van der Waals surface area contributed by atoms with Crippen LogP contribution in [0.2, 0.25) is 0 Å². The topological polar surface area (TPSA) is 32.3 Å². The van der Waals surface area contributed by atoms with Gasteiger partial charge in [0.05, 0.1) is 6.10 Å². The number of piperidine rings is 1. The van der Waals surface area contributed by atoms with Crippen LogP contribution in [0.4, 0.5) is 0 Å². The molecule has 2 heteroatoms. The van der Waals surface area contributed by atoms with E-state index in [1.54, 1.807) is 0 Å². The highest BCUT2D eigenvalue weighted by atomic mass is 16.3. The van der Waals surface area contributed by atoms with Crippen LogP contribution in [0, 0.1) is 0 Å². The number of hydrogen-bond donors (Lipinski definition) is 2. The van der Waals surface area contributed by atoms with Crippen molar-refractivity contribution in [2.24, 2.45) is 0 Å². The molecule has 88 valence electrons. The van der Waals surface area contributed by atoms with E-state index in [-0.39, 0.29) is 12.1 Å². The third kappa shape index (κ3) is 2.63. The van der Waals surface area contributed by atoms with Crippen molar-refractivity contribution < 1.29 is 5.11 Å². The Morgan fingerprint density at radius 3 is 2.75 bits per heavy atom. The minimum atomic E-state index is -0.365. The van der Waals surface area contributed by atoms with Crippen molar-refractivity contribution in [2.45, 2.75) is 50.8 Å². The smallest absolute Gasteiger partial charge is 0.0943 e. The van der Waals surface area contributed by atoms with E-state index in [4.69, 9.17) is 0 Å². The van der Waals surface area contributed by atoms with Gasteiger partial charge in [0.2, 0.25) is 0 Å². The Bertz CT molecular complexity index is 312. The highest BCUT2D eigenvalue weighted by Gasteiger charge is 2.26. The summed E-state index contributed by atoms with van der Waals surface area (Å²) in [4.78, 5) is 0. The summed E-state index contributed by atoms with van der Waals surface area (Å²) in [5.74, 6) is 0. The number of hydrogen-bond acceptors (Lipinski definition) is 2. The van der Waals surface area contributed by atoms with Gasteiger partial charge in [-0.3, -0.25) is 0 Å². The lowest BCUT2D eigenvalue weighted by atomic mass is 9.91. The van der Waals surface area contributed by atoms with Crippen LogP contribution in [0.15, 0.2) is 30.3 Å². The molecule has 0 radical (unpaired) electrons. The minimum Gasteiger partial charge on any atom is -0.387 e. The van der Waals surface area contributed by atoms with E-state index in [1.165, 1.54) is 12.8 Å². The summed E-state index contributed by atoms with van der Waals surface area (Å²) >= 11 is 0. The van der Waals surface area contributed by atoms with Gasteiger partial charge < -0.3 is 10.4 Å². The molecule has 2 rings (SSSR count). The standard InChI is InChI=1S/C14H21NO/c1-2-12-9-6-10-13(15-12)14(16)11-7-4-3-5-8-11/h3-5,7-8,12-16H,2,6,9-10H2,1H3. The summed E-state index contributed by atoms with van der Waals surface area (Å²) in [5.41, 5.74) is 1.02. The van der Waals surface area contributed by atoms with Crippen LogP contribution in [0.1, 0.15) is 44.3 Å². The summed E-state index contributed by atoms with van der Waals surface area (Å²) < 4.78 is 0. The molecule has 16 heavy (non-hydrogen) atoms. The van der Waals surface area contributed by atoms with Gasteiger partial charge in [-0.15, -0.1) is 0 Å². The van der Waals surface area contributed by atoms with Gasteiger partial charge in [-0.2, -0.15) is 0 Å². The zero-order valence-electron chi connectivity index (χ0n) is 9.89. The molecule has 1 aliphatic heterocycles. The number of nitrogens with one attached hydrogen (secondary N) is 1. The molecule has 1 heterocycles. The SMILES string of the molecule is CCC1CCCC(C(O)c2ccccc2)N1. The average molecular weight is 219 g/mol. The van der Waals surface area contributed by atoms with Gasteiger partial charge in [0.1, 0.15) is 0 Å². The fourth-order valence-electron chi connectivity index (χ4n) is 2.51. The Hall–Kier alpha value is -0.860. The summed E-state index contributed by atoms with van der Waals surface area (Å²) in [6, 6.07) is 10.8.